The van der Waals surface area contributed by atoms with Gasteiger partial charge in [-0.15, -0.1) is 0 Å². The minimum absolute atomic E-state index is 0.00214. The van der Waals surface area contributed by atoms with Gasteiger partial charge in [-0.05, 0) is 42.9 Å². The molecule has 0 radical (unpaired) electrons. The first-order chi connectivity index (χ1) is 11.9. The van der Waals surface area contributed by atoms with Gasteiger partial charge in [0.15, 0.2) is 9.84 Å². The van der Waals surface area contributed by atoms with Crippen molar-refractivity contribution in [2.75, 3.05) is 25.5 Å². The van der Waals surface area contributed by atoms with Crippen molar-refractivity contribution in [2.45, 2.75) is 30.9 Å². The molecule has 1 amide bonds. The van der Waals surface area contributed by atoms with Crippen molar-refractivity contribution in [1.29, 1.82) is 0 Å². The van der Waals surface area contributed by atoms with Gasteiger partial charge in [0.2, 0.25) is 5.91 Å². The molecular formula is C17H21F2NO4S. The fraction of sp³-hybridized carbons (Fsp3) is 0.588. The second-order valence-corrected chi connectivity index (χ2v) is 8.83. The molecule has 1 atom stereocenters. The zero-order valence-electron chi connectivity index (χ0n) is 13.8. The lowest BCUT2D eigenvalue weighted by Crippen LogP contribution is -2.37. The van der Waals surface area contributed by atoms with Gasteiger partial charge < -0.3 is 10.1 Å². The van der Waals surface area contributed by atoms with E-state index in [1.54, 1.807) is 0 Å². The Bertz CT molecular complexity index is 760. The SMILES string of the molecule is O=C(NCCS(=O)(=O)C1CCc2c(F)cc(F)cc21)C1CCOCC1. The van der Waals surface area contributed by atoms with E-state index in [4.69, 9.17) is 4.74 Å². The van der Waals surface area contributed by atoms with E-state index >= 15 is 0 Å². The van der Waals surface area contributed by atoms with E-state index < -0.39 is 26.7 Å². The third-order valence-corrected chi connectivity index (χ3v) is 7.04. The fourth-order valence-electron chi connectivity index (χ4n) is 3.54. The Morgan fingerprint density at radius 3 is 2.64 bits per heavy atom. The largest absolute Gasteiger partial charge is 0.381 e. The van der Waals surface area contributed by atoms with Gasteiger partial charge in [-0.3, -0.25) is 4.79 Å². The maximum Gasteiger partial charge on any atom is 0.223 e. The van der Waals surface area contributed by atoms with E-state index in [0.717, 1.165) is 12.1 Å². The summed E-state index contributed by atoms with van der Waals surface area (Å²) in [4.78, 5) is 12.0. The molecule has 1 heterocycles. The number of benzene rings is 1. The van der Waals surface area contributed by atoms with Crippen molar-refractivity contribution in [3.63, 3.8) is 0 Å². The molecule has 1 fully saturated rings. The third-order valence-electron chi connectivity index (χ3n) is 4.91. The van der Waals surface area contributed by atoms with Crippen LogP contribution in [0.3, 0.4) is 0 Å². The van der Waals surface area contributed by atoms with E-state index in [1.165, 1.54) is 0 Å². The second-order valence-electron chi connectivity index (χ2n) is 6.53. The summed E-state index contributed by atoms with van der Waals surface area (Å²) < 4.78 is 57.5. The summed E-state index contributed by atoms with van der Waals surface area (Å²) in [5.74, 6) is -2.02. The highest BCUT2D eigenvalue weighted by atomic mass is 32.2. The smallest absolute Gasteiger partial charge is 0.223 e. The van der Waals surface area contributed by atoms with E-state index in [-0.39, 0.29) is 48.1 Å². The molecule has 0 saturated carbocycles. The van der Waals surface area contributed by atoms with E-state index in [1.807, 2.05) is 0 Å². The predicted octanol–water partition coefficient (Wildman–Crippen LogP) is 1.91. The molecule has 1 saturated heterocycles. The van der Waals surface area contributed by atoms with Crippen LogP contribution in [-0.4, -0.2) is 39.8 Å². The summed E-state index contributed by atoms with van der Waals surface area (Å²) in [6, 6.07) is 1.89. The van der Waals surface area contributed by atoms with Gasteiger partial charge in [-0.2, -0.15) is 0 Å². The van der Waals surface area contributed by atoms with Crippen molar-refractivity contribution in [1.82, 2.24) is 5.32 Å². The van der Waals surface area contributed by atoms with Gasteiger partial charge in [-0.1, -0.05) is 0 Å². The van der Waals surface area contributed by atoms with Crippen molar-refractivity contribution in [3.05, 3.63) is 34.9 Å². The number of rotatable bonds is 5. The molecule has 3 rings (SSSR count). The van der Waals surface area contributed by atoms with E-state index in [0.29, 0.717) is 26.1 Å². The summed E-state index contributed by atoms with van der Waals surface area (Å²) in [7, 11) is -3.61. The molecule has 0 spiro atoms. The van der Waals surface area contributed by atoms with Crippen LogP contribution in [0.2, 0.25) is 0 Å². The number of hydrogen-bond donors (Lipinski definition) is 1. The number of carbonyl (C=O) groups excluding carboxylic acids is 1. The van der Waals surface area contributed by atoms with Gasteiger partial charge in [0.05, 0.1) is 11.0 Å². The standard InChI is InChI=1S/C17H21F2NO4S/c18-12-9-14-13(15(19)10-12)1-2-16(14)25(22,23)8-5-20-17(21)11-3-6-24-7-4-11/h9-11,16H,1-8H2,(H,20,21). The minimum atomic E-state index is -3.61. The van der Waals surface area contributed by atoms with Gasteiger partial charge in [-0.25, -0.2) is 17.2 Å². The average molecular weight is 373 g/mol. The summed E-state index contributed by atoms with van der Waals surface area (Å²) in [5, 5.41) is 1.75. The van der Waals surface area contributed by atoms with Gasteiger partial charge in [0.25, 0.3) is 0 Å². The predicted molar refractivity (Wildman–Crippen MR) is 87.8 cm³/mol. The van der Waals surface area contributed by atoms with E-state index in [2.05, 4.69) is 5.32 Å². The summed E-state index contributed by atoms with van der Waals surface area (Å²) in [6.07, 6.45) is 1.78. The lowest BCUT2D eigenvalue weighted by atomic mass is 10.00. The normalized spacial score (nSPS) is 21.1. The number of hydrogen-bond acceptors (Lipinski definition) is 4. The molecule has 0 aromatic heterocycles. The Morgan fingerprint density at radius 2 is 1.92 bits per heavy atom. The number of ether oxygens (including phenoxy) is 1. The maximum absolute atomic E-state index is 13.8. The molecule has 1 aliphatic heterocycles. The zero-order chi connectivity index (χ0) is 18.0. The minimum Gasteiger partial charge on any atom is -0.381 e. The van der Waals surface area contributed by atoms with Crippen molar-refractivity contribution in [3.8, 4) is 0 Å². The highest BCUT2D eigenvalue weighted by molar-refractivity contribution is 7.91. The number of carbonyl (C=O) groups is 1. The first kappa shape index (κ1) is 18.3. The molecular weight excluding hydrogens is 352 g/mol. The van der Waals surface area contributed by atoms with Crippen LogP contribution in [0.5, 0.6) is 0 Å². The Morgan fingerprint density at radius 1 is 1.20 bits per heavy atom. The van der Waals surface area contributed by atoms with E-state index in [9.17, 15) is 22.0 Å². The molecule has 25 heavy (non-hydrogen) atoms. The molecule has 1 N–H and O–H groups in total. The average Bonchev–Trinajstić information content (AvgIpc) is 3.00. The summed E-state index contributed by atoms with van der Waals surface area (Å²) in [6.45, 7) is 1.07. The number of sulfone groups is 1. The second kappa shape index (κ2) is 7.37. The van der Waals surface area contributed by atoms with Crippen LogP contribution in [-0.2, 0) is 25.8 Å². The molecule has 8 heteroatoms. The number of fused-ring (bicyclic) bond motifs is 1. The Balaban J connectivity index is 1.61. The highest BCUT2D eigenvalue weighted by Gasteiger charge is 2.35. The van der Waals surface area contributed by atoms with Crippen LogP contribution in [0.4, 0.5) is 8.78 Å². The monoisotopic (exact) mass is 373 g/mol. The molecule has 1 unspecified atom stereocenters. The van der Waals surface area contributed by atoms with Crippen LogP contribution in [0.1, 0.15) is 35.6 Å². The first-order valence-corrected chi connectivity index (χ1v) is 10.1. The molecule has 1 aromatic carbocycles. The highest BCUT2D eigenvalue weighted by Crippen LogP contribution is 2.39. The molecule has 0 bridgehead atoms. The third kappa shape index (κ3) is 4.00. The lowest BCUT2D eigenvalue weighted by Gasteiger charge is -2.21. The molecule has 1 aliphatic carbocycles. The molecule has 5 nitrogen and oxygen atoms in total. The van der Waals surface area contributed by atoms with Crippen molar-refractivity contribution < 1.29 is 26.7 Å². The fourth-order valence-corrected chi connectivity index (χ4v) is 5.29. The summed E-state index contributed by atoms with van der Waals surface area (Å²) >= 11 is 0. The molecule has 1 aromatic rings. The molecule has 2 aliphatic rings. The maximum atomic E-state index is 13.8. The van der Waals surface area contributed by atoms with Gasteiger partial charge in [0, 0.05) is 31.7 Å². The number of amides is 1. The quantitative estimate of drug-likeness (QED) is 0.856. The van der Waals surface area contributed by atoms with Gasteiger partial charge in [0.1, 0.15) is 11.6 Å². The van der Waals surface area contributed by atoms with Crippen LogP contribution in [0, 0.1) is 17.6 Å². The number of nitrogens with one attached hydrogen (secondary N) is 1. The van der Waals surface area contributed by atoms with Crippen molar-refractivity contribution in [2.24, 2.45) is 5.92 Å². The van der Waals surface area contributed by atoms with Crippen LogP contribution in [0.25, 0.3) is 0 Å². The summed E-state index contributed by atoms with van der Waals surface area (Å²) in [5.41, 5.74) is 0.495. The van der Waals surface area contributed by atoms with Crippen molar-refractivity contribution >= 4 is 15.7 Å². The Hall–Kier alpha value is -1.54. The zero-order valence-corrected chi connectivity index (χ0v) is 14.6. The van der Waals surface area contributed by atoms with Gasteiger partial charge >= 0.3 is 0 Å². The topological polar surface area (TPSA) is 72.5 Å². The lowest BCUT2D eigenvalue weighted by molar-refractivity contribution is -0.127. The Kier molecular flexibility index (Phi) is 5.38. The first-order valence-electron chi connectivity index (χ1n) is 8.43. The van der Waals surface area contributed by atoms with Crippen LogP contribution in [0.15, 0.2) is 12.1 Å². The van der Waals surface area contributed by atoms with Crippen LogP contribution >= 0.6 is 0 Å². The molecule has 138 valence electrons. The Labute approximate surface area is 145 Å². The number of halogens is 2. The van der Waals surface area contributed by atoms with Crippen LogP contribution < -0.4 is 5.32 Å².